The Bertz CT molecular complexity index is 1130. The molecule has 0 unspecified atom stereocenters. The van der Waals surface area contributed by atoms with Gasteiger partial charge in [-0.05, 0) is 25.0 Å². The Morgan fingerprint density at radius 1 is 1.00 bits per heavy atom. The van der Waals surface area contributed by atoms with Gasteiger partial charge in [-0.1, -0.05) is 65.4 Å². The van der Waals surface area contributed by atoms with Crippen LogP contribution in [0, 0.1) is 13.8 Å². The Morgan fingerprint density at radius 2 is 1.79 bits per heavy atom. The SMILES string of the molecule is Cc1cccc(Cn2cc(NC(=O)c3nnn(Cc4ccccc4)c3C)cn2)c1. The highest BCUT2D eigenvalue weighted by Crippen LogP contribution is 2.13. The monoisotopic (exact) mass is 386 g/mol. The second-order valence-electron chi connectivity index (χ2n) is 7.04. The van der Waals surface area contributed by atoms with E-state index in [1.165, 1.54) is 5.56 Å². The summed E-state index contributed by atoms with van der Waals surface area (Å²) in [6, 6.07) is 18.2. The Hall–Kier alpha value is -3.74. The van der Waals surface area contributed by atoms with E-state index in [4.69, 9.17) is 0 Å². The summed E-state index contributed by atoms with van der Waals surface area (Å²) in [6.45, 7) is 5.12. The summed E-state index contributed by atoms with van der Waals surface area (Å²) < 4.78 is 3.52. The van der Waals surface area contributed by atoms with E-state index in [-0.39, 0.29) is 5.91 Å². The fourth-order valence-corrected chi connectivity index (χ4v) is 3.18. The molecule has 0 saturated carbocycles. The highest BCUT2D eigenvalue weighted by atomic mass is 16.2. The van der Waals surface area contributed by atoms with Crippen LogP contribution in [0.25, 0.3) is 0 Å². The molecule has 0 aliphatic carbocycles. The average Bonchev–Trinajstić information content (AvgIpc) is 3.29. The van der Waals surface area contributed by atoms with Gasteiger partial charge in [-0.3, -0.25) is 9.48 Å². The number of nitrogens with zero attached hydrogens (tertiary/aromatic N) is 5. The molecule has 2 aromatic heterocycles. The van der Waals surface area contributed by atoms with Crippen molar-refractivity contribution in [3.05, 3.63) is 95.1 Å². The zero-order valence-corrected chi connectivity index (χ0v) is 16.4. The first-order valence-electron chi connectivity index (χ1n) is 9.42. The van der Waals surface area contributed by atoms with E-state index in [0.29, 0.717) is 24.5 Å². The number of rotatable bonds is 6. The summed E-state index contributed by atoms with van der Waals surface area (Å²) in [5.41, 5.74) is 5.12. The van der Waals surface area contributed by atoms with Gasteiger partial charge in [0, 0.05) is 6.20 Å². The van der Waals surface area contributed by atoms with Gasteiger partial charge in [-0.25, -0.2) is 4.68 Å². The van der Waals surface area contributed by atoms with Gasteiger partial charge in [0.05, 0.1) is 30.7 Å². The smallest absolute Gasteiger partial charge is 0.278 e. The molecule has 146 valence electrons. The zero-order chi connectivity index (χ0) is 20.2. The van der Waals surface area contributed by atoms with Gasteiger partial charge in [0.1, 0.15) is 0 Å². The van der Waals surface area contributed by atoms with Crippen LogP contribution in [-0.2, 0) is 13.1 Å². The second-order valence-corrected chi connectivity index (χ2v) is 7.04. The van der Waals surface area contributed by atoms with Crippen molar-refractivity contribution in [2.45, 2.75) is 26.9 Å². The van der Waals surface area contributed by atoms with Crippen LogP contribution in [0.15, 0.2) is 67.0 Å². The van der Waals surface area contributed by atoms with Crippen molar-refractivity contribution < 1.29 is 4.79 Å². The van der Waals surface area contributed by atoms with Crippen molar-refractivity contribution in [1.29, 1.82) is 0 Å². The maximum atomic E-state index is 12.6. The summed E-state index contributed by atoms with van der Waals surface area (Å²) in [5, 5.41) is 15.4. The lowest BCUT2D eigenvalue weighted by Crippen LogP contribution is -2.14. The van der Waals surface area contributed by atoms with Crippen LogP contribution < -0.4 is 5.32 Å². The number of anilines is 1. The van der Waals surface area contributed by atoms with Crippen molar-refractivity contribution in [3.8, 4) is 0 Å². The minimum atomic E-state index is -0.295. The molecule has 7 nitrogen and oxygen atoms in total. The van der Waals surface area contributed by atoms with E-state index in [9.17, 15) is 4.79 Å². The van der Waals surface area contributed by atoms with Crippen molar-refractivity contribution >= 4 is 11.6 Å². The standard InChI is InChI=1S/C22H22N6O/c1-16-7-6-10-19(11-16)13-27-15-20(12-23-27)24-22(29)21-17(2)28(26-25-21)14-18-8-4-3-5-9-18/h3-12,15H,13-14H2,1-2H3,(H,24,29). The van der Waals surface area contributed by atoms with Gasteiger partial charge in [-0.2, -0.15) is 5.10 Å². The number of nitrogens with one attached hydrogen (secondary N) is 1. The first kappa shape index (κ1) is 18.6. The van der Waals surface area contributed by atoms with Crippen molar-refractivity contribution in [2.24, 2.45) is 0 Å². The van der Waals surface area contributed by atoms with Gasteiger partial charge < -0.3 is 5.32 Å². The average molecular weight is 386 g/mol. The minimum absolute atomic E-state index is 0.295. The molecule has 29 heavy (non-hydrogen) atoms. The number of benzene rings is 2. The fourth-order valence-electron chi connectivity index (χ4n) is 3.18. The molecular formula is C22H22N6O. The third kappa shape index (κ3) is 4.40. The summed E-state index contributed by atoms with van der Waals surface area (Å²) in [6.07, 6.45) is 3.45. The molecule has 0 aliphatic heterocycles. The van der Waals surface area contributed by atoms with Crippen LogP contribution in [0.1, 0.15) is 32.9 Å². The van der Waals surface area contributed by atoms with Crippen molar-refractivity contribution in [2.75, 3.05) is 5.32 Å². The third-order valence-corrected chi connectivity index (χ3v) is 4.69. The normalized spacial score (nSPS) is 10.8. The number of carbonyl (C=O) groups is 1. The Kier molecular flexibility index (Phi) is 5.20. The third-order valence-electron chi connectivity index (χ3n) is 4.69. The molecule has 0 aliphatic rings. The summed E-state index contributed by atoms with van der Waals surface area (Å²) >= 11 is 0. The molecule has 4 rings (SSSR count). The van der Waals surface area contributed by atoms with E-state index in [2.05, 4.69) is 45.9 Å². The van der Waals surface area contributed by atoms with Crippen LogP contribution in [0.2, 0.25) is 0 Å². The van der Waals surface area contributed by atoms with E-state index in [1.54, 1.807) is 15.6 Å². The minimum Gasteiger partial charge on any atom is -0.318 e. The molecular weight excluding hydrogens is 364 g/mol. The number of aromatic nitrogens is 5. The summed E-state index contributed by atoms with van der Waals surface area (Å²) in [7, 11) is 0. The number of hydrogen-bond acceptors (Lipinski definition) is 4. The number of amides is 1. The first-order chi connectivity index (χ1) is 14.1. The Balaban J connectivity index is 1.43. The molecule has 1 N–H and O–H groups in total. The maximum absolute atomic E-state index is 12.6. The quantitative estimate of drug-likeness (QED) is 0.551. The van der Waals surface area contributed by atoms with Gasteiger partial charge in [0.15, 0.2) is 5.69 Å². The molecule has 0 fully saturated rings. The highest BCUT2D eigenvalue weighted by Gasteiger charge is 2.17. The Morgan fingerprint density at radius 3 is 2.59 bits per heavy atom. The highest BCUT2D eigenvalue weighted by molar-refractivity contribution is 6.03. The van der Waals surface area contributed by atoms with E-state index >= 15 is 0 Å². The van der Waals surface area contributed by atoms with Gasteiger partial charge in [0.2, 0.25) is 0 Å². The molecule has 0 radical (unpaired) electrons. The lowest BCUT2D eigenvalue weighted by atomic mass is 10.1. The molecule has 2 heterocycles. The molecule has 0 saturated heterocycles. The molecule has 2 aromatic carbocycles. The molecule has 7 heteroatoms. The molecule has 0 bridgehead atoms. The molecule has 1 amide bonds. The van der Waals surface area contributed by atoms with Crippen LogP contribution in [-0.4, -0.2) is 30.7 Å². The fraction of sp³-hybridized carbons (Fsp3) is 0.182. The van der Waals surface area contributed by atoms with Crippen molar-refractivity contribution in [1.82, 2.24) is 24.8 Å². The van der Waals surface area contributed by atoms with Crippen LogP contribution in [0.5, 0.6) is 0 Å². The van der Waals surface area contributed by atoms with E-state index in [1.807, 2.05) is 49.5 Å². The molecule has 0 atom stereocenters. The number of hydrogen-bond donors (Lipinski definition) is 1. The topological polar surface area (TPSA) is 77.6 Å². The van der Waals surface area contributed by atoms with E-state index in [0.717, 1.165) is 16.8 Å². The molecule has 4 aromatic rings. The summed E-state index contributed by atoms with van der Waals surface area (Å²) in [5.74, 6) is -0.295. The number of aryl methyl sites for hydroxylation is 1. The van der Waals surface area contributed by atoms with Crippen LogP contribution in [0.4, 0.5) is 5.69 Å². The first-order valence-corrected chi connectivity index (χ1v) is 9.42. The lowest BCUT2D eigenvalue weighted by molar-refractivity contribution is 0.102. The molecule has 0 spiro atoms. The zero-order valence-electron chi connectivity index (χ0n) is 16.4. The predicted molar refractivity (Wildman–Crippen MR) is 111 cm³/mol. The maximum Gasteiger partial charge on any atom is 0.278 e. The van der Waals surface area contributed by atoms with Crippen molar-refractivity contribution in [3.63, 3.8) is 0 Å². The van der Waals surface area contributed by atoms with E-state index < -0.39 is 0 Å². The van der Waals surface area contributed by atoms with Gasteiger partial charge >= 0.3 is 0 Å². The van der Waals surface area contributed by atoms with Crippen LogP contribution >= 0.6 is 0 Å². The lowest BCUT2D eigenvalue weighted by Gasteiger charge is -2.04. The largest absolute Gasteiger partial charge is 0.318 e. The number of carbonyl (C=O) groups excluding carboxylic acids is 1. The summed E-state index contributed by atoms with van der Waals surface area (Å²) in [4.78, 5) is 12.6. The second kappa shape index (κ2) is 8.10. The predicted octanol–water partition coefficient (Wildman–Crippen LogP) is 3.44. The Labute approximate surface area is 169 Å². The van der Waals surface area contributed by atoms with Crippen LogP contribution in [0.3, 0.4) is 0 Å². The van der Waals surface area contributed by atoms with Gasteiger partial charge in [0.25, 0.3) is 5.91 Å². The van der Waals surface area contributed by atoms with Gasteiger partial charge in [-0.15, -0.1) is 5.10 Å².